The summed E-state index contributed by atoms with van der Waals surface area (Å²) in [7, 11) is 0. The maximum absolute atomic E-state index is 13.5. The zero-order chi connectivity index (χ0) is 20.6. The Morgan fingerprint density at radius 1 is 0.897 bits per heavy atom. The molecule has 29 heavy (non-hydrogen) atoms. The summed E-state index contributed by atoms with van der Waals surface area (Å²) in [4.78, 5) is 35.3. The Hall–Kier alpha value is -1.85. The van der Waals surface area contributed by atoms with Crippen molar-refractivity contribution >= 4 is 11.8 Å². The lowest BCUT2D eigenvalue weighted by Crippen LogP contribution is -2.48. The Labute approximate surface area is 174 Å². The van der Waals surface area contributed by atoms with Gasteiger partial charge in [0.15, 0.2) is 5.89 Å². The molecule has 0 radical (unpaired) electrons. The molecule has 1 aromatic rings. The molecule has 1 aliphatic carbocycles. The molecule has 1 saturated heterocycles. The number of carbonyl (C=O) groups is 2. The van der Waals surface area contributed by atoms with E-state index in [0.29, 0.717) is 19.5 Å². The van der Waals surface area contributed by atoms with E-state index in [2.05, 4.69) is 20.8 Å². The lowest BCUT2D eigenvalue weighted by atomic mass is 9.77. The topological polar surface area (TPSA) is 66.7 Å². The maximum Gasteiger partial charge on any atom is 0.226 e. The molecule has 160 valence electrons. The van der Waals surface area contributed by atoms with Crippen molar-refractivity contribution in [2.75, 3.05) is 19.6 Å². The van der Waals surface area contributed by atoms with Crippen molar-refractivity contribution < 1.29 is 14.0 Å². The molecule has 2 aliphatic heterocycles. The van der Waals surface area contributed by atoms with Gasteiger partial charge in [-0.25, -0.2) is 4.98 Å². The van der Waals surface area contributed by atoms with E-state index in [1.165, 1.54) is 6.42 Å². The molecule has 4 rings (SSSR count). The molecule has 3 heterocycles. The number of fused-ring (bicyclic) bond motifs is 1. The van der Waals surface area contributed by atoms with Gasteiger partial charge < -0.3 is 14.2 Å². The first-order chi connectivity index (χ1) is 13.8. The molecule has 0 unspecified atom stereocenters. The van der Waals surface area contributed by atoms with Gasteiger partial charge >= 0.3 is 0 Å². The number of rotatable bonds is 2. The van der Waals surface area contributed by atoms with Crippen LogP contribution in [0.15, 0.2) is 4.42 Å². The summed E-state index contributed by atoms with van der Waals surface area (Å²) >= 11 is 0. The van der Waals surface area contributed by atoms with Crippen molar-refractivity contribution in [2.24, 2.45) is 11.8 Å². The molecule has 2 atom stereocenters. The first kappa shape index (κ1) is 20.4. The molecule has 2 fully saturated rings. The highest BCUT2D eigenvalue weighted by atomic mass is 16.4. The van der Waals surface area contributed by atoms with Gasteiger partial charge in [0.05, 0.1) is 6.54 Å². The molecule has 1 aromatic heterocycles. The minimum Gasteiger partial charge on any atom is -0.445 e. The maximum atomic E-state index is 13.5. The number of likely N-dealkylation sites (tertiary alicyclic amines) is 1. The second-order valence-corrected chi connectivity index (χ2v) is 10.0. The smallest absolute Gasteiger partial charge is 0.226 e. The van der Waals surface area contributed by atoms with Crippen LogP contribution in [0.25, 0.3) is 0 Å². The van der Waals surface area contributed by atoms with Crippen LogP contribution in [0.2, 0.25) is 0 Å². The first-order valence-electron chi connectivity index (χ1n) is 11.4. The Morgan fingerprint density at radius 3 is 2.14 bits per heavy atom. The standard InChI is InChI=1S/C23H35N3O3/c1-23(2,3)22-24-18-15-26(14-11-19(18)29-22)21(28)17-10-6-5-9-16(17)20(27)25-12-7-4-8-13-25/h16-17H,4-15H2,1-3H3/t16-,17+/m1/s1. The number of hydrogen-bond acceptors (Lipinski definition) is 4. The van der Waals surface area contributed by atoms with Crippen molar-refractivity contribution in [2.45, 2.75) is 84.1 Å². The average molecular weight is 402 g/mol. The number of aromatic nitrogens is 1. The molecule has 0 N–H and O–H groups in total. The first-order valence-corrected chi connectivity index (χ1v) is 11.4. The van der Waals surface area contributed by atoms with Crippen LogP contribution in [0.1, 0.15) is 83.1 Å². The molecule has 1 saturated carbocycles. The van der Waals surface area contributed by atoms with E-state index in [0.717, 1.165) is 69.0 Å². The molecule has 3 aliphatic rings. The highest BCUT2D eigenvalue weighted by Crippen LogP contribution is 2.35. The normalized spacial score (nSPS) is 25.6. The van der Waals surface area contributed by atoms with Crippen molar-refractivity contribution in [1.82, 2.24) is 14.8 Å². The van der Waals surface area contributed by atoms with Crippen LogP contribution in [0.5, 0.6) is 0 Å². The monoisotopic (exact) mass is 401 g/mol. The summed E-state index contributed by atoms with van der Waals surface area (Å²) in [6.45, 7) is 9.15. The molecular formula is C23H35N3O3. The van der Waals surface area contributed by atoms with Crippen LogP contribution in [0, 0.1) is 11.8 Å². The summed E-state index contributed by atoms with van der Waals surface area (Å²) < 4.78 is 5.97. The van der Waals surface area contributed by atoms with Gasteiger partial charge in [0.2, 0.25) is 11.8 Å². The quantitative estimate of drug-likeness (QED) is 0.758. The highest BCUT2D eigenvalue weighted by Gasteiger charge is 2.41. The number of hydrogen-bond donors (Lipinski definition) is 0. The van der Waals surface area contributed by atoms with Gasteiger partial charge in [-0.1, -0.05) is 33.6 Å². The van der Waals surface area contributed by atoms with Gasteiger partial charge in [0, 0.05) is 43.3 Å². The third kappa shape index (κ3) is 4.22. The van der Waals surface area contributed by atoms with E-state index in [-0.39, 0.29) is 29.1 Å². The lowest BCUT2D eigenvalue weighted by Gasteiger charge is -2.38. The molecule has 6 heteroatoms. The highest BCUT2D eigenvalue weighted by molar-refractivity contribution is 5.88. The second kappa shape index (κ2) is 8.11. The summed E-state index contributed by atoms with van der Waals surface area (Å²) in [6, 6.07) is 0. The molecule has 0 spiro atoms. The molecule has 0 aromatic carbocycles. The minimum atomic E-state index is -0.172. The van der Waals surface area contributed by atoms with Gasteiger partial charge in [0.1, 0.15) is 11.5 Å². The van der Waals surface area contributed by atoms with Crippen molar-refractivity contribution in [3.8, 4) is 0 Å². The fourth-order valence-electron chi connectivity index (χ4n) is 5.01. The van der Waals surface area contributed by atoms with Crippen molar-refractivity contribution in [3.63, 3.8) is 0 Å². The van der Waals surface area contributed by atoms with Crippen molar-refractivity contribution in [3.05, 3.63) is 17.3 Å². The number of carbonyl (C=O) groups excluding carboxylic acids is 2. The van der Waals surface area contributed by atoms with Crippen LogP contribution in [0.4, 0.5) is 0 Å². The van der Waals surface area contributed by atoms with Gasteiger partial charge in [-0.15, -0.1) is 0 Å². The largest absolute Gasteiger partial charge is 0.445 e. The van der Waals surface area contributed by atoms with E-state index in [1.54, 1.807) is 0 Å². The Kier molecular flexibility index (Phi) is 5.71. The zero-order valence-corrected chi connectivity index (χ0v) is 18.2. The summed E-state index contributed by atoms with van der Waals surface area (Å²) in [6.07, 6.45) is 7.88. The number of oxazole rings is 1. The third-order valence-electron chi connectivity index (χ3n) is 6.75. The molecular weight excluding hydrogens is 366 g/mol. The molecule has 0 bridgehead atoms. The Bertz CT molecular complexity index is 758. The van der Waals surface area contributed by atoms with Gasteiger partial charge in [-0.3, -0.25) is 9.59 Å². The Balaban J connectivity index is 1.47. The van der Waals surface area contributed by atoms with E-state index in [1.807, 2.05) is 9.80 Å². The van der Waals surface area contributed by atoms with Gasteiger partial charge in [-0.2, -0.15) is 0 Å². The van der Waals surface area contributed by atoms with Crippen molar-refractivity contribution in [1.29, 1.82) is 0 Å². The summed E-state index contributed by atoms with van der Waals surface area (Å²) in [5.41, 5.74) is 0.755. The SMILES string of the molecule is CC(C)(C)c1nc2c(o1)CCN(C(=O)[C@H]1CCCC[C@H]1C(=O)N1CCCCC1)C2. The number of piperidine rings is 1. The predicted molar refractivity (Wildman–Crippen MR) is 110 cm³/mol. The predicted octanol–water partition coefficient (Wildman–Crippen LogP) is 3.68. The molecule has 2 amide bonds. The van der Waals surface area contributed by atoms with Crippen LogP contribution >= 0.6 is 0 Å². The van der Waals surface area contributed by atoms with Crippen LogP contribution < -0.4 is 0 Å². The van der Waals surface area contributed by atoms with Gasteiger partial charge in [0.25, 0.3) is 0 Å². The van der Waals surface area contributed by atoms with E-state index in [9.17, 15) is 9.59 Å². The number of amides is 2. The summed E-state index contributed by atoms with van der Waals surface area (Å²) in [5, 5.41) is 0. The second-order valence-electron chi connectivity index (χ2n) is 10.0. The van der Waals surface area contributed by atoms with Crippen LogP contribution in [-0.4, -0.2) is 46.2 Å². The van der Waals surface area contributed by atoms with Gasteiger partial charge in [-0.05, 0) is 32.1 Å². The average Bonchev–Trinajstić information content (AvgIpc) is 3.17. The fraction of sp³-hybridized carbons (Fsp3) is 0.783. The molecule has 6 nitrogen and oxygen atoms in total. The zero-order valence-electron chi connectivity index (χ0n) is 18.2. The van der Waals surface area contributed by atoms with Crippen LogP contribution in [-0.2, 0) is 28.0 Å². The number of nitrogens with zero attached hydrogens (tertiary/aromatic N) is 3. The summed E-state index contributed by atoms with van der Waals surface area (Å²) in [5.74, 6) is 1.71. The fourth-order valence-corrected chi connectivity index (χ4v) is 5.01. The van der Waals surface area contributed by atoms with Crippen LogP contribution in [0.3, 0.4) is 0 Å². The Morgan fingerprint density at radius 2 is 1.52 bits per heavy atom. The van der Waals surface area contributed by atoms with E-state index < -0.39 is 0 Å². The minimum absolute atomic E-state index is 0.137. The van der Waals surface area contributed by atoms with E-state index >= 15 is 0 Å². The third-order valence-corrected chi connectivity index (χ3v) is 6.75. The van der Waals surface area contributed by atoms with E-state index in [4.69, 9.17) is 9.40 Å². The lowest BCUT2D eigenvalue weighted by molar-refractivity contribution is -0.149.